The minimum absolute atomic E-state index is 0.0971. The number of nitrogens with one attached hydrogen (secondary N) is 3. The largest absolute Gasteiger partial charge is 0.468 e. The van der Waals surface area contributed by atoms with Crippen LogP contribution in [0.25, 0.3) is 5.57 Å². The van der Waals surface area contributed by atoms with Gasteiger partial charge >= 0.3 is 12.0 Å². The number of nitrogens with zero attached hydrogens (tertiary/aromatic N) is 1. The topological polar surface area (TPSA) is 119 Å². The Morgan fingerprint density at radius 1 is 1.05 bits per heavy atom. The quantitative estimate of drug-likeness (QED) is 0.343. The zero-order chi connectivity index (χ0) is 27.1. The first-order chi connectivity index (χ1) is 18.3. The number of carbonyl (C=O) groups excluding carboxylic acids is 3. The summed E-state index contributed by atoms with van der Waals surface area (Å²) in [5, 5.41) is 9.23. The van der Waals surface area contributed by atoms with Crippen molar-refractivity contribution >= 4 is 46.6 Å². The summed E-state index contributed by atoms with van der Waals surface area (Å²) >= 11 is 1.36. The maximum absolute atomic E-state index is 13.9. The molecule has 4 rings (SSSR count). The first-order valence-electron chi connectivity index (χ1n) is 11.6. The van der Waals surface area contributed by atoms with Crippen LogP contribution in [0.5, 0.6) is 11.5 Å². The van der Waals surface area contributed by atoms with E-state index in [2.05, 4.69) is 25.7 Å². The maximum Gasteiger partial charge on any atom is 0.325 e. The van der Waals surface area contributed by atoms with Gasteiger partial charge in [0.15, 0.2) is 0 Å². The molecule has 1 aliphatic rings. The van der Waals surface area contributed by atoms with Crippen LogP contribution in [-0.2, 0) is 14.3 Å². The number of aryl methyl sites for hydroxylation is 1. The Morgan fingerprint density at radius 2 is 1.84 bits per heavy atom. The lowest BCUT2D eigenvalue weighted by molar-refractivity contribution is -0.141. The maximum atomic E-state index is 13.9. The minimum atomic E-state index is -0.568. The van der Waals surface area contributed by atoms with Crippen molar-refractivity contribution in [3.8, 4) is 11.5 Å². The van der Waals surface area contributed by atoms with E-state index >= 15 is 0 Å². The lowest BCUT2D eigenvalue weighted by Crippen LogP contribution is -2.35. The molecule has 0 aliphatic carbocycles. The van der Waals surface area contributed by atoms with Gasteiger partial charge in [0, 0.05) is 18.0 Å². The number of methoxy groups -OCH3 is 1. The van der Waals surface area contributed by atoms with Gasteiger partial charge in [0.1, 0.15) is 23.9 Å². The summed E-state index contributed by atoms with van der Waals surface area (Å²) in [6.45, 7) is 1.63. The third-order valence-corrected chi connectivity index (χ3v) is 6.62. The molecule has 1 aromatic heterocycles. The van der Waals surface area contributed by atoms with Crippen molar-refractivity contribution in [1.29, 1.82) is 0 Å². The first kappa shape index (κ1) is 26.7. The van der Waals surface area contributed by atoms with Crippen LogP contribution in [0.3, 0.4) is 0 Å². The number of thioether (sulfide) groups is 1. The lowest BCUT2D eigenvalue weighted by atomic mass is 10.1. The zero-order valence-corrected chi connectivity index (χ0v) is 21.4. The fourth-order valence-corrected chi connectivity index (χ4v) is 4.57. The van der Waals surface area contributed by atoms with Crippen molar-refractivity contribution in [1.82, 2.24) is 10.3 Å². The molecule has 9 nitrogen and oxygen atoms in total. The number of carbonyl (C=O) groups is 3. The smallest absolute Gasteiger partial charge is 0.325 e. The molecule has 0 spiro atoms. The average molecular weight is 537 g/mol. The van der Waals surface area contributed by atoms with Crippen molar-refractivity contribution in [3.05, 3.63) is 83.3 Å². The molecule has 0 bridgehead atoms. The number of benzene rings is 2. The predicted molar refractivity (Wildman–Crippen MR) is 144 cm³/mol. The number of hydrogen-bond donors (Lipinski definition) is 3. The second-order valence-electron chi connectivity index (χ2n) is 8.33. The van der Waals surface area contributed by atoms with Crippen LogP contribution in [-0.4, -0.2) is 41.8 Å². The van der Waals surface area contributed by atoms with Gasteiger partial charge in [0.05, 0.1) is 23.7 Å². The number of ether oxygens (including phenoxy) is 2. The highest BCUT2D eigenvalue weighted by Gasteiger charge is 2.26. The monoisotopic (exact) mass is 536 g/mol. The van der Waals surface area contributed by atoms with E-state index in [1.54, 1.807) is 54.7 Å². The van der Waals surface area contributed by atoms with E-state index in [1.165, 1.54) is 24.9 Å². The lowest BCUT2D eigenvalue weighted by Gasteiger charge is -2.11. The number of anilines is 2. The van der Waals surface area contributed by atoms with Gasteiger partial charge in [-0.05, 0) is 72.4 Å². The van der Waals surface area contributed by atoms with Gasteiger partial charge in [-0.25, -0.2) is 9.18 Å². The Bertz CT molecular complexity index is 1380. The molecule has 2 aromatic carbocycles. The molecule has 38 heavy (non-hydrogen) atoms. The van der Waals surface area contributed by atoms with Gasteiger partial charge in [0.2, 0.25) is 5.91 Å². The molecule has 3 aromatic rings. The van der Waals surface area contributed by atoms with Gasteiger partial charge in [-0.2, -0.15) is 0 Å². The Labute approximate surface area is 222 Å². The second kappa shape index (κ2) is 12.2. The third-order valence-electron chi connectivity index (χ3n) is 5.49. The molecular formula is C27H25FN4O5S. The normalized spacial score (nSPS) is 14.3. The number of rotatable bonds is 8. The summed E-state index contributed by atoms with van der Waals surface area (Å²) in [5.41, 5.74) is 2.99. The van der Waals surface area contributed by atoms with Crippen LogP contribution >= 0.6 is 11.8 Å². The van der Waals surface area contributed by atoms with Crippen LogP contribution in [0.1, 0.15) is 17.7 Å². The SMILES string of the molecule is COC(=O)CNC(=O)C1CC(c2cc(Oc3ccc(NC(=O)Nc4cc(C)ccc4F)cc3)ccn2)=CS1. The first-order valence-corrected chi connectivity index (χ1v) is 12.5. The molecule has 1 aliphatic heterocycles. The van der Waals surface area contributed by atoms with Crippen molar-refractivity contribution in [2.24, 2.45) is 0 Å². The van der Waals surface area contributed by atoms with E-state index in [0.29, 0.717) is 29.3 Å². The van der Waals surface area contributed by atoms with Gasteiger partial charge in [-0.1, -0.05) is 6.07 Å². The fraction of sp³-hybridized carbons (Fsp3) is 0.185. The molecule has 0 saturated heterocycles. The van der Waals surface area contributed by atoms with E-state index in [-0.39, 0.29) is 23.4 Å². The number of aromatic nitrogens is 1. The highest BCUT2D eigenvalue weighted by atomic mass is 32.2. The van der Waals surface area contributed by atoms with Crippen molar-refractivity contribution in [2.45, 2.75) is 18.6 Å². The molecule has 1 unspecified atom stereocenters. The number of urea groups is 1. The van der Waals surface area contributed by atoms with Crippen molar-refractivity contribution < 1.29 is 28.2 Å². The van der Waals surface area contributed by atoms with Gasteiger partial charge < -0.3 is 25.4 Å². The number of amides is 3. The number of allylic oxidation sites excluding steroid dienone is 1. The van der Waals surface area contributed by atoms with Crippen molar-refractivity contribution in [2.75, 3.05) is 24.3 Å². The molecule has 11 heteroatoms. The fourth-order valence-electron chi connectivity index (χ4n) is 3.54. The van der Waals surface area contributed by atoms with Crippen LogP contribution in [0.15, 0.2) is 66.2 Å². The number of hydrogen-bond acceptors (Lipinski definition) is 7. The van der Waals surface area contributed by atoms with Crippen LogP contribution in [0.2, 0.25) is 0 Å². The average Bonchev–Trinajstić information content (AvgIpc) is 3.41. The van der Waals surface area contributed by atoms with Crippen molar-refractivity contribution in [3.63, 3.8) is 0 Å². The summed E-state index contributed by atoms with van der Waals surface area (Å²) in [4.78, 5) is 40.2. The van der Waals surface area contributed by atoms with E-state index in [4.69, 9.17) is 4.74 Å². The predicted octanol–water partition coefficient (Wildman–Crippen LogP) is 5.10. The van der Waals surface area contributed by atoms with E-state index in [0.717, 1.165) is 11.1 Å². The van der Waals surface area contributed by atoms with E-state index < -0.39 is 17.8 Å². The summed E-state index contributed by atoms with van der Waals surface area (Å²) in [6, 6.07) is 14.1. The van der Waals surface area contributed by atoms with Crippen LogP contribution < -0.4 is 20.7 Å². The molecule has 3 N–H and O–H groups in total. The molecule has 196 valence electrons. The summed E-state index contributed by atoms with van der Waals surface area (Å²) in [6.07, 6.45) is 2.08. The Kier molecular flexibility index (Phi) is 8.59. The van der Waals surface area contributed by atoms with E-state index in [1.807, 2.05) is 12.3 Å². The summed E-state index contributed by atoms with van der Waals surface area (Å²) in [5.74, 6) is -0.188. The van der Waals surface area contributed by atoms with E-state index in [9.17, 15) is 18.8 Å². The van der Waals surface area contributed by atoms with Gasteiger partial charge in [-0.15, -0.1) is 11.8 Å². The highest BCUT2D eigenvalue weighted by molar-refractivity contribution is 8.03. The Morgan fingerprint density at radius 3 is 2.61 bits per heavy atom. The number of halogens is 1. The molecule has 0 radical (unpaired) electrons. The van der Waals surface area contributed by atoms with Crippen LogP contribution in [0.4, 0.5) is 20.6 Å². The summed E-state index contributed by atoms with van der Waals surface area (Å²) < 4.78 is 24.3. The highest BCUT2D eigenvalue weighted by Crippen LogP contribution is 2.36. The molecule has 2 heterocycles. The van der Waals surface area contributed by atoms with Gasteiger partial charge in [-0.3, -0.25) is 14.6 Å². The standard InChI is InChI=1S/C27H25FN4O5S/c1-16-3-8-21(28)23(11-16)32-27(35)31-18-4-6-19(7-5-18)37-20-9-10-29-22(13-20)17-12-24(38-15-17)26(34)30-14-25(33)36-2/h3-11,13,15,24H,12,14H2,1-2H3,(H,30,34)(H2,31,32,35). The molecular weight excluding hydrogens is 511 g/mol. The second-order valence-corrected chi connectivity index (χ2v) is 9.41. The molecule has 1 atom stereocenters. The Hall–Kier alpha value is -4.38. The molecule has 0 fully saturated rings. The number of esters is 1. The zero-order valence-electron chi connectivity index (χ0n) is 20.6. The number of pyridine rings is 1. The van der Waals surface area contributed by atoms with Gasteiger partial charge in [0.25, 0.3) is 0 Å². The third kappa shape index (κ3) is 7.10. The molecule has 3 amide bonds. The Balaban J connectivity index is 1.31. The van der Waals surface area contributed by atoms with Crippen LogP contribution in [0, 0.1) is 12.7 Å². The molecule has 0 saturated carbocycles. The summed E-state index contributed by atoms with van der Waals surface area (Å²) in [7, 11) is 1.26. The minimum Gasteiger partial charge on any atom is -0.468 e.